The van der Waals surface area contributed by atoms with Gasteiger partial charge < -0.3 is 15.2 Å². The van der Waals surface area contributed by atoms with Crippen molar-refractivity contribution in [1.82, 2.24) is 5.32 Å². The van der Waals surface area contributed by atoms with Gasteiger partial charge in [0.2, 0.25) is 5.91 Å². The van der Waals surface area contributed by atoms with E-state index in [1.165, 1.54) is 6.42 Å². The number of hydrogen-bond acceptors (Lipinski definition) is 3. The Morgan fingerprint density at radius 1 is 1.37 bits per heavy atom. The number of rotatable bonds is 8. The minimum atomic E-state index is -0.679. The summed E-state index contributed by atoms with van der Waals surface area (Å²) in [7, 11) is 0. The molecule has 1 aliphatic carbocycles. The fraction of sp³-hybridized carbons (Fsp3) is 0.933. The molecule has 0 atom stereocenters. The van der Waals surface area contributed by atoms with E-state index in [0.717, 1.165) is 38.0 Å². The summed E-state index contributed by atoms with van der Waals surface area (Å²) >= 11 is 0. The second-order valence-corrected chi connectivity index (χ2v) is 5.65. The van der Waals surface area contributed by atoms with Crippen LogP contribution in [0, 0.1) is 5.92 Å². The molecule has 1 aliphatic rings. The van der Waals surface area contributed by atoms with Gasteiger partial charge in [0.05, 0.1) is 5.60 Å². The molecule has 4 heteroatoms. The molecule has 1 amide bonds. The molecule has 2 N–H and O–H groups in total. The Hall–Kier alpha value is -0.610. The molecule has 0 spiro atoms. The largest absolute Gasteiger partial charge is 0.388 e. The maximum absolute atomic E-state index is 11.6. The van der Waals surface area contributed by atoms with Gasteiger partial charge in [-0.1, -0.05) is 13.3 Å². The first-order valence-corrected chi connectivity index (χ1v) is 7.66. The van der Waals surface area contributed by atoms with Crippen molar-refractivity contribution in [3.63, 3.8) is 0 Å². The summed E-state index contributed by atoms with van der Waals surface area (Å²) in [4.78, 5) is 11.6. The summed E-state index contributed by atoms with van der Waals surface area (Å²) in [5.41, 5.74) is -0.679. The molecule has 0 radical (unpaired) electrons. The zero-order chi connectivity index (χ0) is 14.1. The summed E-state index contributed by atoms with van der Waals surface area (Å²) in [6, 6.07) is 0. The van der Waals surface area contributed by atoms with Crippen molar-refractivity contribution in [1.29, 1.82) is 0 Å². The number of hydrogen-bond donors (Lipinski definition) is 2. The Bertz CT molecular complexity index is 260. The van der Waals surface area contributed by atoms with Crippen LogP contribution in [0.2, 0.25) is 0 Å². The van der Waals surface area contributed by atoms with E-state index in [1.54, 1.807) is 0 Å². The maximum atomic E-state index is 11.6. The number of carbonyl (C=O) groups excluding carboxylic acids is 1. The van der Waals surface area contributed by atoms with Gasteiger partial charge in [0.25, 0.3) is 0 Å². The maximum Gasteiger partial charge on any atom is 0.220 e. The molecule has 0 aliphatic heterocycles. The van der Waals surface area contributed by atoms with E-state index in [9.17, 15) is 9.90 Å². The number of nitrogens with one attached hydrogen (secondary N) is 1. The zero-order valence-electron chi connectivity index (χ0n) is 12.4. The lowest BCUT2D eigenvalue weighted by Gasteiger charge is -2.35. The van der Waals surface area contributed by atoms with Crippen molar-refractivity contribution < 1.29 is 14.6 Å². The minimum absolute atomic E-state index is 0.0192. The van der Waals surface area contributed by atoms with E-state index in [4.69, 9.17) is 4.74 Å². The van der Waals surface area contributed by atoms with Crippen molar-refractivity contribution in [2.45, 2.75) is 64.4 Å². The van der Waals surface area contributed by atoms with E-state index >= 15 is 0 Å². The summed E-state index contributed by atoms with van der Waals surface area (Å²) in [6.07, 6.45) is 6.19. The smallest absolute Gasteiger partial charge is 0.220 e. The van der Waals surface area contributed by atoms with Gasteiger partial charge in [0, 0.05) is 26.2 Å². The molecule has 112 valence electrons. The molecule has 0 aromatic rings. The third kappa shape index (κ3) is 6.39. The first kappa shape index (κ1) is 16.4. The Labute approximate surface area is 116 Å². The Kier molecular flexibility index (Phi) is 7.39. The molecule has 1 saturated carbocycles. The molecule has 0 aromatic carbocycles. The van der Waals surface area contributed by atoms with Crippen LogP contribution in [0.25, 0.3) is 0 Å². The van der Waals surface area contributed by atoms with Crippen LogP contribution in [0.3, 0.4) is 0 Å². The summed E-state index contributed by atoms with van der Waals surface area (Å²) in [6.45, 7) is 5.88. The zero-order valence-corrected chi connectivity index (χ0v) is 12.4. The highest BCUT2D eigenvalue weighted by Crippen LogP contribution is 2.33. The number of amides is 1. The van der Waals surface area contributed by atoms with Crippen LogP contribution in [0.15, 0.2) is 0 Å². The van der Waals surface area contributed by atoms with Crippen LogP contribution in [0.1, 0.15) is 58.8 Å². The summed E-state index contributed by atoms with van der Waals surface area (Å²) in [5.74, 6) is 0.771. The van der Waals surface area contributed by atoms with Gasteiger partial charge in [-0.25, -0.2) is 0 Å². The predicted octanol–water partition coefficient (Wildman–Crippen LogP) is 2.25. The molecule has 19 heavy (non-hydrogen) atoms. The molecular weight excluding hydrogens is 242 g/mol. The fourth-order valence-electron chi connectivity index (χ4n) is 2.63. The van der Waals surface area contributed by atoms with Crippen LogP contribution in [0.5, 0.6) is 0 Å². The first-order valence-electron chi connectivity index (χ1n) is 7.66. The summed E-state index contributed by atoms with van der Waals surface area (Å²) in [5, 5.41) is 13.3. The minimum Gasteiger partial charge on any atom is -0.388 e. The third-order valence-corrected chi connectivity index (χ3v) is 4.12. The Balaban J connectivity index is 2.15. The second-order valence-electron chi connectivity index (χ2n) is 5.65. The highest BCUT2D eigenvalue weighted by Gasteiger charge is 2.32. The predicted molar refractivity (Wildman–Crippen MR) is 75.9 cm³/mol. The van der Waals surface area contributed by atoms with Gasteiger partial charge in [-0.2, -0.15) is 0 Å². The molecule has 0 aromatic heterocycles. The Morgan fingerprint density at radius 3 is 2.63 bits per heavy atom. The molecule has 1 rings (SSSR count). The van der Waals surface area contributed by atoms with E-state index < -0.39 is 5.60 Å². The quantitative estimate of drug-likeness (QED) is 0.666. The number of ether oxygens (including phenoxy) is 1. The van der Waals surface area contributed by atoms with Gasteiger partial charge in [0.15, 0.2) is 0 Å². The lowest BCUT2D eigenvalue weighted by molar-refractivity contribution is -0.123. The van der Waals surface area contributed by atoms with E-state index in [0.29, 0.717) is 26.2 Å². The SMILES string of the molecule is CCOCCCC(=O)NCC1(O)CCC(CC)CC1. The van der Waals surface area contributed by atoms with Crippen LogP contribution >= 0.6 is 0 Å². The lowest BCUT2D eigenvalue weighted by Crippen LogP contribution is -2.45. The lowest BCUT2D eigenvalue weighted by atomic mass is 9.78. The number of aliphatic hydroxyl groups is 1. The second kappa shape index (κ2) is 8.54. The number of carbonyl (C=O) groups is 1. The fourth-order valence-corrected chi connectivity index (χ4v) is 2.63. The highest BCUT2D eigenvalue weighted by molar-refractivity contribution is 5.75. The van der Waals surface area contributed by atoms with Crippen molar-refractivity contribution in [3.05, 3.63) is 0 Å². The topological polar surface area (TPSA) is 58.6 Å². The molecule has 0 unspecified atom stereocenters. The van der Waals surface area contributed by atoms with Crippen LogP contribution < -0.4 is 5.32 Å². The van der Waals surface area contributed by atoms with Crippen molar-refractivity contribution in [2.75, 3.05) is 19.8 Å². The van der Waals surface area contributed by atoms with Crippen molar-refractivity contribution in [3.8, 4) is 0 Å². The van der Waals surface area contributed by atoms with Gasteiger partial charge in [-0.3, -0.25) is 4.79 Å². The van der Waals surface area contributed by atoms with E-state index in [-0.39, 0.29) is 5.91 Å². The molecule has 0 saturated heterocycles. The highest BCUT2D eigenvalue weighted by atomic mass is 16.5. The van der Waals surface area contributed by atoms with Crippen LogP contribution in [-0.2, 0) is 9.53 Å². The average Bonchev–Trinajstić information content (AvgIpc) is 2.42. The van der Waals surface area contributed by atoms with E-state index in [2.05, 4.69) is 12.2 Å². The summed E-state index contributed by atoms with van der Waals surface area (Å²) < 4.78 is 5.19. The van der Waals surface area contributed by atoms with Crippen LogP contribution in [0.4, 0.5) is 0 Å². The van der Waals surface area contributed by atoms with Gasteiger partial charge >= 0.3 is 0 Å². The normalized spacial score (nSPS) is 27.2. The third-order valence-electron chi connectivity index (χ3n) is 4.12. The van der Waals surface area contributed by atoms with E-state index in [1.807, 2.05) is 6.92 Å². The van der Waals surface area contributed by atoms with Gasteiger partial charge in [-0.05, 0) is 44.9 Å². The first-order chi connectivity index (χ1) is 9.09. The van der Waals surface area contributed by atoms with Gasteiger partial charge in [-0.15, -0.1) is 0 Å². The molecule has 0 bridgehead atoms. The average molecular weight is 271 g/mol. The van der Waals surface area contributed by atoms with Crippen LogP contribution in [-0.4, -0.2) is 36.4 Å². The van der Waals surface area contributed by atoms with Gasteiger partial charge in [0.1, 0.15) is 0 Å². The standard InChI is InChI=1S/C15H29NO3/c1-3-13-7-9-15(18,10-8-13)12-16-14(17)6-5-11-19-4-2/h13,18H,3-12H2,1-2H3,(H,16,17). The molecular formula is C15H29NO3. The molecule has 0 heterocycles. The monoisotopic (exact) mass is 271 g/mol. The van der Waals surface area contributed by atoms with Crippen molar-refractivity contribution >= 4 is 5.91 Å². The molecule has 4 nitrogen and oxygen atoms in total. The molecule has 1 fully saturated rings. The Morgan fingerprint density at radius 2 is 2.05 bits per heavy atom. The van der Waals surface area contributed by atoms with Crippen molar-refractivity contribution in [2.24, 2.45) is 5.92 Å².